The quantitative estimate of drug-likeness (QED) is 0.806. The Kier molecular flexibility index (Phi) is 5.81. The third kappa shape index (κ3) is 4.21. The third-order valence-electron chi connectivity index (χ3n) is 5.15. The number of piperidine rings is 1. The van der Waals surface area contributed by atoms with Crippen LogP contribution in [-0.4, -0.2) is 36.8 Å². The predicted molar refractivity (Wildman–Crippen MR) is 105 cm³/mol. The van der Waals surface area contributed by atoms with Crippen LogP contribution in [0.4, 0.5) is 10.1 Å². The average molecular weight is 399 g/mol. The van der Waals surface area contributed by atoms with Crippen LogP contribution < -0.4 is 15.8 Å². The number of hydrogen-bond donors (Lipinski definition) is 2. The molecule has 1 saturated heterocycles. The molecule has 3 rings (SSSR count). The summed E-state index contributed by atoms with van der Waals surface area (Å²) >= 11 is 0. The van der Waals surface area contributed by atoms with Crippen LogP contribution in [0.15, 0.2) is 42.5 Å². The van der Waals surface area contributed by atoms with Crippen molar-refractivity contribution in [1.29, 1.82) is 0 Å². The Bertz CT molecular complexity index is 945. The van der Waals surface area contributed by atoms with Crippen LogP contribution in [0.5, 0.6) is 5.75 Å². The molecule has 8 heteroatoms. The van der Waals surface area contributed by atoms with Crippen molar-refractivity contribution < 1.29 is 23.5 Å². The summed E-state index contributed by atoms with van der Waals surface area (Å²) in [4.78, 5) is 38.2. The zero-order valence-corrected chi connectivity index (χ0v) is 16.1. The highest BCUT2D eigenvalue weighted by Crippen LogP contribution is 2.37. The van der Waals surface area contributed by atoms with Crippen molar-refractivity contribution in [1.82, 2.24) is 4.90 Å². The van der Waals surface area contributed by atoms with Crippen LogP contribution in [0.25, 0.3) is 0 Å². The average Bonchev–Trinajstić information content (AvgIpc) is 2.71. The first-order valence-electron chi connectivity index (χ1n) is 9.11. The lowest BCUT2D eigenvalue weighted by Crippen LogP contribution is -2.44. The number of carbonyl (C=O) groups is 3. The van der Waals surface area contributed by atoms with E-state index in [-0.39, 0.29) is 29.5 Å². The van der Waals surface area contributed by atoms with Crippen molar-refractivity contribution in [2.45, 2.75) is 18.9 Å². The van der Waals surface area contributed by atoms with Gasteiger partial charge in [-0.25, -0.2) is 4.39 Å². The summed E-state index contributed by atoms with van der Waals surface area (Å²) in [5.41, 5.74) is 5.93. The molecule has 7 nitrogen and oxygen atoms in total. The third-order valence-corrected chi connectivity index (χ3v) is 5.15. The molecule has 2 aromatic carbocycles. The van der Waals surface area contributed by atoms with Crippen LogP contribution in [0.3, 0.4) is 0 Å². The van der Waals surface area contributed by atoms with Gasteiger partial charge in [0.2, 0.25) is 11.8 Å². The van der Waals surface area contributed by atoms with E-state index in [1.807, 2.05) is 12.1 Å². The zero-order chi connectivity index (χ0) is 21.1. The lowest BCUT2D eigenvalue weighted by molar-refractivity contribution is -0.140. The molecule has 1 aliphatic heterocycles. The van der Waals surface area contributed by atoms with Crippen molar-refractivity contribution in [3.63, 3.8) is 0 Å². The Morgan fingerprint density at radius 3 is 2.52 bits per heavy atom. The second kappa shape index (κ2) is 8.30. The first kappa shape index (κ1) is 20.3. The maximum absolute atomic E-state index is 13.7. The molecular formula is C21H22FN3O4. The van der Waals surface area contributed by atoms with Crippen LogP contribution in [0.1, 0.15) is 34.8 Å². The summed E-state index contributed by atoms with van der Waals surface area (Å²) in [5.74, 6) is -1.90. The van der Waals surface area contributed by atoms with E-state index in [2.05, 4.69) is 5.32 Å². The molecule has 3 N–H and O–H groups in total. The van der Waals surface area contributed by atoms with Crippen molar-refractivity contribution >= 4 is 23.4 Å². The highest BCUT2D eigenvalue weighted by Gasteiger charge is 2.39. The standard InChI is InChI=1S/C21H22FN3O4/c1-25-18(26)10-8-15(19(25)12-3-6-14(29-2)7-4-12)21(28)24-13-5-9-17(22)16(11-13)20(23)27/h3-7,9,11,15,19H,8,10H2,1-2H3,(H2,23,27)(H,24,28). The van der Waals surface area contributed by atoms with Gasteiger partial charge in [-0.1, -0.05) is 12.1 Å². The highest BCUT2D eigenvalue weighted by molar-refractivity contribution is 5.98. The van der Waals surface area contributed by atoms with Gasteiger partial charge in [-0.05, 0) is 42.3 Å². The number of nitrogens with zero attached hydrogens (tertiary/aromatic N) is 1. The van der Waals surface area contributed by atoms with E-state index in [0.29, 0.717) is 12.2 Å². The molecule has 3 amide bonds. The van der Waals surface area contributed by atoms with E-state index in [9.17, 15) is 18.8 Å². The van der Waals surface area contributed by atoms with E-state index < -0.39 is 23.7 Å². The second-order valence-electron chi connectivity index (χ2n) is 6.92. The number of methoxy groups -OCH3 is 1. The minimum atomic E-state index is -0.919. The van der Waals surface area contributed by atoms with E-state index >= 15 is 0 Å². The summed E-state index contributed by atoms with van der Waals surface area (Å²) in [5, 5.41) is 2.72. The predicted octanol–water partition coefficient (Wildman–Crippen LogP) is 2.48. The van der Waals surface area contributed by atoms with E-state index in [1.54, 1.807) is 31.2 Å². The molecule has 0 saturated carbocycles. The van der Waals surface area contributed by atoms with Crippen LogP contribution in [-0.2, 0) is 9.59 Å². The van der Waals surface area contributed by atoms with Crippen molar-refractivity contribution in [2.24, 2.45) is 11.7 Å². The van der Waals surface area contributed by atoms with Gasteiger partial charge in [-0.3, -0.25) is 14.4 Å². The van der Waals surface area contributed by atoms with Crippen LogP contribution in [0, 0.1) is 11.7 Å². The number of amides is 3. The smallest absolute Gasteiger partial charge is 0.251 e. The fourth-order valence-corrected chi connectivity index (χ4v) is 3.60. The van der Waals surface area contributed by atoms with Gasteiger partial charge in [-0.15, -0.1) is 0 Å². The van der Waals surface area contributed by atoms with Crippen molar-refractivity contribution in [3.8, 4) is 5.75 Å². The normalized spacial score (nSPS) is 19.0. The number of nitrogens with two attached hydrogens (primary N) is 1. The molecular weight excluding hydrogens is 377 g/mol. The van der Waals surface area contributed by atoms with Gasteiger partial charge in [0.05, 0.1) is 24.6 Å². The van der Waals surface area contributed by atoms with Crippen molar-refractivity contribution in [3.05, 3.63) is 59.4 Å². The number of primary amides is 1. The van der Waals surface area contributed by atoms with Gasteiger partial charge in [0.15, 0.2) is 0 Å². The summed E-state index contributed by atoms with van der Waals surface area (Å²) in [7, 11) is 3.23. The van der Waals surface area contributed by atoms with Gasteiger partial charge in [-0.2, -0.15) is 0 Å². The number of hydrogen-bond acceptors (Lipinski definition) is 4. The summed E-state index contributed by atoms with van der Waals surface area (Å²) in [6.07, 6.45) is 0.618. The number of carbonyl (C=O) groups excluding carboxylic acids is 3. The van der Waals surface area contributed by atoms with Gasteiger partial charge in [0.1, 0.15) is 11.6 Å². The lowest BCUT2D eigenvalue weighted by Gasteiger charge is -2.38. The van der Waals surface area contributed by atoms with Crippen molar-refractivity contribution in [2.75, 3.05) is 19.5 Å². The van der Waals surface area contributed by atoms with Crippen LogP contribution in [0.2, 0.25) is 0 Å². The Morgan fingerprint density at radius 2 is 1.90 bits per heavy atom. The number of halogens is 1. The maximum atomic E-state index is 13.7. The molecule has 0 aromatic heterocycles. The Balaban J connectivity index is 1.87. The first-order valence-corrected chi connectivity index (χ1v) is 9.11. The molecule has 1 fully saturated rings. The maximum Gasteiger partial charge on any atom is 0.251 e. The number of ether oxygens (including phenoxy) is 1. The largest absolute Gasteiger partial charge is 0.497 e. The zero-order valence-electron chi connectivity index (χ0n) is 16.1. The summed E-state index contributed by atoms with van der Waals surface area (Å²) < 4.78 is 18.9. The lowest BCUT2D eigenvalue weighted by atomic mass is 9.84. The first-order chi connectivity index (χ1) is 13.8. The number of rotatable bonds is 5. The molecule has 2 aromatic rings. The van der Waals surface area contributed by atoms with E-state index in [0.717, 1.165) is 11.6 Å². The molecule has 2 unspecified atom stereocenters. The monoisotopic (exact) mass is 399 g/mol. The Hall–Kier alpha value is -3.42. The minimum Gasteiger partial charge on any atom is -0.497 e. The van der Waals surface area contributed by atoms with Gasteiger partial charge in [0.25, 0.3) is 5.91 Å². The van der Waals surface area contributed by atoms with Gasteiger partial charge >= 0.3 is 0 Å². The second-order valence-corrected chi connectivity index (χ2v) is 6.92. The summed E-state index contributed by atoms with van der Waals surface area (Å²) in [6, 6.07) is 10.4. The van der Waals surface area contributed by atoms with E-state index in [4.69, 9.17) is 10.5 Å². The Morgan fingerprint density at radius 1 is 1.21 bits per heavy atom. The SMILES string of the molecule is COc1ccc(C2C(C(=O)Nc3ccc(F)c(C(N)=O)c3)CCC(=O)N2C)cc1. The van der Waals surface area contributed by atoms with Gasteiger partial charge in [0, 0.05) is 19.2 Å². The molecule has 1 heterocycles. The molecule has 0 bridgehead atoms. The van der Waals surface area contributed by atoms with Crippen LogP contribution >= 0.6 is 0 Å². The minimum absolute atomic E-state index is 0.0485. The molecule has 1 aliphatic rings. The molecule has 0 aliphatic carbocycles. The topological polar surface area (TPSA) is 102 Å². The number of anilines is 1. The fraction of sp³-hybridized carbons (Fsp3) is 0.286. The Labute approximate surface area is 167 Å². The molecule has 2 atom stereocenters. The van der Waals surface area contributed by atoms with Gasteiger partial charge < -0.3 is 20.7 Å². The van der Waals surface area contributed by atoms with E-state index in [1.165, 1.54) is 12.1 Å². The molecule has 0 radical (unpaired) electrons. The number of benzene rings is 2. The molecule has 152 valence electrons. The number of likely N-dealkylation sites (tertiary alicyclic amines) is 1. The molecule has 0 spiro atoms. The molecule has 29 heavy (non-hydrogen) atoms. The summed E-state index contributed by atoms with van der Waals surface area (Å²) in [6.45, 7) is 0. The fourth-order valence-electron chi connectivity index (χ4n) is 3.60. The highest BCUT2D eigenvalue weighted by atomic mass is 19.1. The number of nitrogens with one attached hydrogen (secondary N) is 1.